The van der Waals surface area contributed by atoms with Gasteiger partial charge in [0.25, 0.3) is 0 Å². The molecule has 0 fully saturated rings. The van der Waals surface area contributed by atoms with Crippen LogP contribution in [0.25, 0.3) is 0 Å². The summed E-state index contributed by atoms with van der Waals surface area (Å²) in [4.78, 5) is 34.8. The van der Waals surface area contributed by atoms with Crippen molar-refractivity contribution in [3.05, 3.63) is 48.6 Å². The Morgan fingerprint density at radius 3 is 1.47 bits per heavy atom. The molecule has 0 bridgehead atoms. The minimum Gasteiger partial charge on any atom is -0.462 e. The van der Waals surface area contributed by atoms with Gasteiger partial charge in [-0.2, -0.15) is 0 Å². The van der Waals surface area contributed by atoms with Gasteiger partial charge in [0.2, 0.25) is 0 Å². The molecule has 0 aliphatic rings. The lowest BCUT2D eigenvalue weighted by Crippen LogP contribution is -2.29. The van der Waals surface area contributed by atoms with Gasteiger partial charge in [0.1, 0.15) is 6.61 Å². The van der Waals surface area contributed by atoms with E-state index in [1.54, 1.807) is 0 Å². The van der Waals surface area contributed by atoms with Crippen molar-refractivity contribution in [3.63, 3.8) is 0 Å². The number of esters is 2. The molecule has 0 aromatic heterocycles. The maximum atomic E-state index is 12.6. The summed E-state index contributed by atoms with van der Waals surface area (Å²) in [5, 5.41) is 0. The molecule has 0 heterocycles. The zero-order valence-corrected chi connectivity index (χ0v) is 36.0. The van der Waals surface area contributed by atoms with E-state index in [1.165, 1.54) is 77.0 Å². The average Bonchev–Trinajstić information content (AvgIpc) is 3.17. The summed E-state index contributed by atoms with van der Waals surface area (Å²) >= 11 is 0. The van der Waals surface area contributed by atoms with E-state index in [0.717, 1.165) is 83.5 Å². The molecular weight excluding hydrogens is 713 g/mol. The van der Waals surface area contributed by atoms with Crippen LogP contribution in [0.2, 0.25) is 0 Å². The van der Waals surface area contributed by atoms with E-state index in [2.05, 4.69) is 62.5 Å². The number of hydrogen-bond acceptors (Lipinski definition) is 8. The van der Waals surface area contributed by atoms with Crippen molar-refractivity contribution in [1.82, 2.24) is 0 Å². The zero-order valence-electron chi connectivity index (χ0n) is 35.2. The van der Waals surface area contributed by atoms with E-state index >= 15 is 0 Å². The van der Waals surface area contributed by atoms with E-state index < -0.39 is 32.5 Å². The summed E-state index contributed by atoms with van der Waals surface area (Å²) < 4.78 is 32.7. The number of carbonyl (C=O) groups excluding carboxylic acids is 2. The number of nitrogens with two attached hydrogens (primary N) is 1. The molecule has 55 heavy (non-hydrogen) atoms. The third kappa shape index (κ3) is 41.4. The van der Waals surface area contributed by atoms with Crippen LogP contribution in [0, 0.1) is 0 Å². The second-order valence-corrected chi connectivity index (χ2v) is 16.0. The number of phosphoric acid groups is 1. The van der Waals surface area contributed by atoms with Gasteiger partial charge in [0, 0.05) is 19.4 Å². The standard InChI is InChI=1S/C45H82NO8P/c1-3-5-7-9-11-13-15-16-17-18-19-20-21-22-23-24-25-26-28-30-32-34-36-38-45(48)54-43(42-53-55(49,50)52-40-39-46)41-51-44(47)37-35-33-31-29-27-14-12-10-8-6-4-2/h10,12,15-16,18-19,21-22,43H,3-9,11,13-14,17,20,23-42,46H2,1-2H3,(H,49,50)/b12-10-,16-15-,19-18-,22-21-. The van der Waals surface area contributed by atoms with Gasteiger partial charge < -0.3 is 20.1 Å². The number of phosphoric ester groups is 1. The van der Waals surface area contributed by atoms with Gasteiger partial charge >= 0.3 is 19.8 Å². The fourth-order valence-corrected chi connectivity index (χ4v) is 6.62. The van der Waals surface area contributed by atoms with Crippen molar-refractivity contribution >= 4 is 19.8 Å². The molecule has 9 nitrogen and oxygen atoms in total. The fraction of sp³-hybridized carbons (Fsp3) is 0.778. The Morgan fingerprint density at radius 1 is 0.545 bits per heavy atom. The highest BCUT2D eigenvalue weighted by molar-refractivity contribution is 7.47. The number of rotatable bonds is 41. The highest BCUT2D eigenvalue weighted by Gasteiger charge is 2.26. The summed E-state index contributed by atoms with van der Waals surface area (Å²) in [6, 6.07) is 0. The van der Waals surface area contributed by atoms with Crippen molar-refractivity contribution in [2.75, 3.05) is 26.4 Å². The third-order valence-corrected chi connectivity index (χ3v) is 10.2. The number of unbranched alkanes of at least 4 members (excludes halogenated alkanes) is 20. The Bertz CT molecular complexity index is 1040. The molecule has 3 N–H and O–H groups in total. The molecule has 0 aliphatic heterocycles. The number of ether oxygens (including phenoxy) is 2. The van der Waals surface area contributed by atoms with Gasteiger partial charge in [-0.25, -0.2) is 4.57 Å². The largest absolute Gasteiger partial charge is 0.472 e. The van der Waals surface area contributed by atoms with E-state index in [1.807, 2.05) is 0 Å². The quantitative estimate of drug-likeness (QED) is 0.0268. The minimum absolute atomic E-state index is 0.0495. The molecule has 2 unspecified atom stereocenters. The van der Waals surface area contributed by atoms with Gasteiger partial charge in [-0.1, -0.05) is 159 Å². The molecule has 0 amide bonds. The molecule has 0 spiro atoms. The van der Waals surface area contributed by atoms with E-state index in [4.69, 9.17) is 24.3 Å². The molecule has 320 valence electrons. The molecule has 0 saturated heterocycles. The van der Waals surface area contributed by atoms with Gasteiger partial charge in [-0.05, 0) is 70.6 Å². The van der Waals surface area contributed by atoms with Crippen LogP contribution in [0.15, 0.2) is 48.6 Å². The second-order valence-electron chi connectivity index (χ2n) is 14.6. The molecule has 2 atom stereocenters. The molecule has 0 aromatic carbocycles. The lowest BCUT2D eigenvalue weighted by molar-refractivity contribution is -0.161. The van der Waals surface area contributed by atoms with Crippen LogP contribution in [0.3, 0.4) is 0 Å². The van der Waals surface area contributed by atoms with Gasteiger partial charge in [0.15, 0.2) is 6.10 Å². The highest BCUT2D eigenvalue weighted by Crippen LogP contribution is 2.43. The van der Waals surface area contributed by atoms with Crippen LogP contribution in [0.1, 0.15) is 194 Å². The molecule has 0 saturated carbocycles. The smallest absolute Gasteiger partial charge is 0.462 e. The predicted octanol–water partition coefficient (Wildman–Crippen LogP) is 12.7. The van der Waals surface area contributed by atoms with E-state index in [-0.39, 0.29) is 32.6 Å². The van der Waals surface area contributed by atoms with Crippen molar-refractivity contribution in [3.8, 4) is 0 Å². The van der Waals surface area contributed by atoms with Crippen LogP contribution in [0.4, 0.5) is 0 Å². The van der Waals surface area contributed by atoms with E-state index in [0.29, 0.717) is 6.42 Å². The van der Waals surface area contributed by atoms with Crippen molar-refractivity contribution in [1.29, 1.82) is 0 Å². The van der Waals surface area contributed by atoms with Crippen LogP contribution in [-0.4, -0.2) is 49.3 Å². The lowest BCUT2D eigenvalue weighted by atomic mass is 10.1. The molecule has 0 radical (unpaired) electrons. The Morgan fingerprint density at radius 2 is 0.964 bits per heavy atom. The second kappa shape index (κ2) is 41.6. The van der Waals surface area contributed by atoms with Crippen LogP contribution in [-0.2, 0) is 32.7 Å². The summed E-state index contributed by atoms with van der Waals surface area (Å²) in [6.45, 7) is 3.66. The number of allylic oxidation sites excluding steroid dienone is 8. The van der Waals surface area contributed by atoms with Crippen LogP contribution >= 0.6 is 7.82 Å². The Hall–Kier alpha value is -2.03. The topological polar surface area (TPSA) is 134 Å². The number of hydrogen-bond donors (Lipinski definition) is 2. The van der Waals surface area contributed by atoms with Gasteiger partial charge in [-0.15, -0.1) is 0 Å². The van der Waals surface area contributed by atoms with Crippen molar-refractivity contribution in [2.24, 2.45) is 5.73 Å². The molecular formula is C45H82NO8P. The predicted molar refractivity (Wildman–Crippen MR) is 229 cm³/mol. The molecule has 10 heteroatoms. The van der Waals surface area contributed by atoms with E-state index in [9.17, 15) is 19.0 Å². The summed E-state index contributed by atoms with van der Waals surface area (Å²) in [7, 11) is -4.38. The maximum absolute atomic E-state index is 12.6. The summed E-state index contributed by atoms with van der Waals surface area (Å²) in [5.41, 5.74) is 5.34. The normalized spacial score (nSPS) is 13.7. The zero-order chi connectivity index (χ0) is 40.3. The maximum Gasteiger partial charge on any atom is 0.472 e. The Balaban J connectivity index is 4.11. The van der Waals surface area contributed by atoms with Crippen molar-refractivity contribution < 1.29 is 37.6 Å². The minimum atomic E-state index is -4.38. The first kappa shape index (κ1) is 53.0. The van der Waals surface area contributed by atoms with Gasteiger partial charge in [0.05, 0.1) is 13.2 Å². The van der Waals surface area contributed by atoms with Crippen LogP contribution < -0.4 is 5.73 Å². The van der Waals surface area contributed by atoms with Gasteiger partial charge in [-0.3, -0.25) is 18.6 Å². The van der Waals surface area contributed by atoms with Crippen LogP contribution in [0.5, 0.6) is 0 Å². The first-order valence-corrected chi connectivity index (χ1v) is 23.6. The summed E-state index contributed by atoms with van der Waals surface area (Å²) in [5.74, 6) is -0.849. The third-order valence-electron chi connectivity index (χ3n) is 9.19. The van der Waals surface area contributed by atoms with Crippen molar-refractivity contribution in [2.45, 2.75) is 200 Å². The average molecular weight is 796 g/mol. The molecule has 0 rings (SSSR count). The fourth-order valence-electron chi connectivity index (χ4n) is 5.86. The summed E-state index contributed by atoms with van der Waals surface area (Å²) in [6.07, 6.45) is 47.2. The lowest BCUT2D eigenvalue weighted by Gasteiger charge is -2.19. The Labute approximate surface area is 336 Å². The molecule has 0 aliphatic carbocycles. The first-order chi connectivity index (χ1) is 26.8. The SMILES string of the molecule is CCCC/C=C\CCCCCCCC(=O)OCC(COP(=O)(O)OCCN)OC(=O)CCCCCCCCCC/C=C\C/C=C\C/C=C\CCCCCCC. The monoisotopic (exact) mass is 796 g/mol. The highest BCUT2D eigenvalue weighted by atomic mass is 31.2. The number of carbonyl (C=O) groups is 2. The Kier molecular flexibility index (Phi) is 40.1. The first-order valence-electron chi connectivity index (χ1n) is 22.1. The molecule has 0 aromatic rings.